The van der Waals surface area contributed by atoms with Gasteiger partial charge in [0.2, 0.25) is 0 Å². The molecular formula is C17H12ClNO3. The number of benzene rings is 2. The smallest absolute Gasteiger partial charge is 0.338 e. The second-order valence-electron chi connectivity index (χ2n) is 4.90. The van der Waals surface area contributed by atoms with E-state index in [1.807, 2.05) is 0 Å². The van der Waals surface area contributed by atoms with E-state index < -0.39 is 5.97 Å². The molecule has 1 aromatic heterocycles. The number of carbonyl (C=O) groups is 1. The number of nitrogens with zero attached hydrogens (tertiary/aromatic N) is 1. The Morgan fingerprint density at radius 1 is 1.05 bits per heavy atom. The van der Waals surface area contributed by atoms with Crippen molar-refractivity contribution < 1.29 is 9.90 Å². The van der Waals surface area contributed by atoms with Crippen LogP contribution in [-0.2, 0) is 0 Å². The van der Waals surface area contributed by atoms with Gasteiger partial charge in [0.1, 0.15) is 0 Å². The van der Waals surface area contributed by atoms with E-state index in [4.69, 9.17) is 11.6 Å². The number of halogens is 1. The first-order valence-corrected chi connectivity index (χ1v) is 7.02. The van der Waals surface area contributed by atoms with Crippen LogP contribution in [-0.4, -0.2) is 15.6 Å². The monoisotopic (exact) mass is 313 g/mol. The van der Waals surface area contributed by atoms with Crippen molar-refractivity contribution in [1.29, 1.82) is 0 Å². The summed E-state index contributed by atoms with van der Waals surface area (Å²) in [7, 11) is 0. The molecule has 0 unspecified atom stereocenters. The largest absolute Gasteiger partial charge is 0.478 e. The van der Waals surface area contributed by atoms with Gasteiger partial charge in [-0.2, -0.15) is 0 Å². The molecule has 0 spiro atoms. The molecule has 0 aliphatic rings. The number of pyridine rings is 1. The highest BCUT2D eigenvalue weighted by Crippen LogP contribution is 2.25. The summed E-state index contributed by atoms with van der Waals surface area (Å²) >= 11 is 6.18. The molecule has 3 aromatic rings. The Kier molecular flexibility index (Phi) is 3.47. The first-order valence-electron chi connectivity index (χ1n) is 6.65. The van der Waals surface area contributed by atoms with E-state index >= 15 is 0 Å². The maximum absolute atomic E-state index is 12.8. The van der Waals surface area contributed by atoms with Gasteiger partial charge in [-0.05, 0) is 25.1 Å². The second kappa shape index (κ2) is 5.31. The third kappa shape index (κ3) is 2.09. The molecule has 0 aliphatic heterocycles. The van der Waals surface area contributed by atoms with Gasteiger partial charge in [-0.15, -0.1) is 0 Å². The summed E-state index contributed by atoms with van der Waals surface area (Å²) in [6, 6.07) is 13.6. The van der Waals surface area contributed by atoms with Crippen molar-refractivity contribution in [2.75, 3.05) is 0 Å². The number of carboxylic acids is 1. The summed E-state index contributed by atoms with van der Waals surface area (Å²) in [6.07, 6.45) is 0. The van der Waals surface area contributed by atoms with Crippen LogP contribution >= 0.6 is 11.6 Å². The summed E-state index contributed by atoms with van der Waals surface area (Å²) in [5.41, 5.74) is 0.644. The van der Waals surface area contributed by atoms with Gasteiger partial charge in [0, 0.05) is 16.5 Å². The zero-order chi connectivity index (χ0) is 15.9. The first kappa shape index (κ1) is 14.4. The minimum atomic E-state index is -1.07. The number of hydrogen-bond acceptors (Lipinski definition) is 2. The summed E-state index contributed by atoms with van der Waals surface area (Å²) in [4.78, 5) is 24.5. The lowest BCUT2D eigenvalue weighted by atomic mass is 10.0. The molecule has 0 atom stereocenters. The molecule has 0 amide bonds. The minimum absolute atomic E-state index is 0.107. The zero-order valence-electron chi connectivity index (χ0n) is 11.7. The number of carboxylic acid groups (broad SMARTS) is 1. The van der Waals surface area contributed by atoms with Crippen molar-refractivity contribution in [3.8, 4) is 5.69 Å². The van der Waals surface area contributed by atoms with Crippen molar-refractivity contribution in [3.05, 3.63) is 75.2 Å². The van der Waals surface area contributed by atoms with Gasteiger partial charge in [-0.3, -0.25) is 9.36 Å². The van der Waals surface area contributed by atoms with Gasteiger partial charge in [0.15, 0.2) is 0 Å². The van der Waals surface area contributed by atoms with Crippen LogP contribution < -0.4 is 5.56 Å². The molecule has 0 saturated heterocycles. The van der Waals surface area contributed by atoms with Crippen molar-refractivity contribution in [2.24, 2.45) is 0 Å². The average molecular weight is 314 g/mol. The van der Waals surface area contributed by atoms with Crippen LogP contribution in [0.5, 0.6) is 0 Å². The predicted octanol–water partition coefficient (Wildman–Crippen LogP) is 3.65. The van der Waals surface area contributed by atoms with Crippen LogP contribution in [0.2, 0.25) is 5.02 Å². The Morgan fingerprint density at radius 3 is 2.27 bits per heavy atom. The fraction of sp³-hybridized carbons (Fsp3) is 0.0588. The van der Waals surface area contributed by atoms with Crippen LogP contribution in [0.15, 0.2) is 53.3 Å². The lowest BCUT2D eigenvalue weighted by molar-refractivity contribution is 0.0697. The van der Waals surface area contributed by atoms with Gasteiger partial charge < -0.3 is 5.11 Å². The van der Waals surface area contributed by atoms with Crippen LogP contribution in [0.25, 0.3) is 16.5 Å². The minimum Gasteiger partial charge on any atom is -0.478 e. The van der Waals surface area contributed by atoms with E-state index in [2.05, 4.69) is 0 Å². The topological polar surface area (TPSA) is 59.3 Å². The molecular weight excluding hydrogens is 302 g/mol. The molecule has 2 aromatic carbocycles. The summed E-state index contributed by atoms with van der Waals surface area (Å²) in [5.74, 6) is -1.07. The van der Waals surface area contributed by atoms with Gasteiger partial charge in [-0.25, -0.2) is 4.79 Å². The highest BCUT2D eigenvalue weighted by atomic mass is 35.5. The normalized spacial score (nSPS) is 10.8. The second-order valence-corrected chi connectivity index (χ2v) is 5.31. The molecule has 1 N–H and O–H groups in total. The quantitative estimate of drug-likeness (QED) is 0.785. The van der Waals surface area contributed by atoms with Crippen LogP contribution in [0.4, 0.5) is 0 Å². The highest BCUT2D eigenvalue weighted by molar-refractivity contribution is 6.32. The Labute approximate surface area is 131 Å². The molecule has 0 fully saturated rings. The van der Waals surface area contributed by atoms with Crippen molar-refractivity contribution in [3.63, 3.8) is 0 Å². The fourth-order valence-corrected chi connectivity index (χ4v) is 2.88. The van der Waals surface area contributed by atoms with E-state index in [0.717, 1.165) is 0 Å². The molecule has 0 bridgehead atoms. The highest BCUT2D eigenvalue weighted by Gasteiger charge is 2.20. The Hall–Kier alpha value is -2.59. The van der Waals surface area contributed by atoms with Gasteiger partial charge in [-0.1, -0.05) is 41.9 Å². The predicted molar refractivity (Wildman–Crippen MR) is 86.3 cm³/mol. The molecule has 110 valence electrons. The fourth-order valence-electron chi connectivity index (χ4n) is 2.66. The van der Waals surface area contributed by atoms with E-state index in [1.54, 1.807) is 55.5 Å². The number of hydrogen-bond donors (Lipinski definition) is 1. The van der Waals surface area contributed by atoms with E-state index in [-0.39, 0.29) is 11.1 Å². The van der Waals surface area contributed by atoms with Crippen LogP contribution in [0.1, 0.15) is 16.1 Å². The van der Waals surface area contributed by atoms with Gasteiger partial charge in [0.25, 0.3) is 5.56 Å². The molecule has 5 heteroatoms. The molecule has 4 nitrogen and oxygen atoms in total. The molecule has 0 aliphatic carbocycles. The summed E-state index contributed by atoms with van der Waals surface area (Å²) in [5, 5.41) is 10.7. The van der Waals surface area contributed by atoms with E-state index in [1.165, 1.54) is 4.57 Å². The first-order chi connectivity index (χ1) is 10.5. The number of rotatable bonds is 2. The third-order valence-electron chi connectivity index (χ3n) is 3.63. The SMILES string of the molecule is Cc1c(C(=O)O)c2ccccc2c(=O)n1-c1ccccc1Cl. The van der Waals surface area contributed by atoms with E-state index in [9.17, 15) is 14.7 Å². The van der Waals surface area contributed by atoms with Crippen LogP contribution in [0.3, 0.4) is 0 Å². The van der Waals surface area contributed by atoms with Gasteiger partial charge >= 0.3 is 5.97 Å². The van der Waals surface area contributed by atoms with Gasteiger partial charge in [0.05, 0.1) is 16.3 Å². The van der Waals surface area contributed by atoms with Crippen molar-refractivity contribution in [2.45, 2.75) is 6.92 Å². The summed E-state index contributed by atoms with van der Waals surface area (Å²) < 4.78 is 1.36. The number of aromatic nitrogens is 1. The molecule has 0 saturated carbocycles. The standard InChI is InChI=1S/C17H12ClNO3/c1-10-15(17(21)22)11-6-2-3-7-12(11)16(20)19(10)14-9-5-4-8-13(14)18/h2-9H,1H3,(H,21,22). The lowest BCUT2D eigenvalue weighted by Crippen LogP contribution is -2.24. The molecule has 0 radical (unpaired) electrons. The van der Waals surface area contributed by atoms with Crippen molar-refractivity contribution in [1.82, 2.24) is 4.57 Å². The number of fused-ring (bicyclic) bond motifs is 1. The Bertz CT molecular complexity index is 960. The molecule has 1 heterocycles. The van der Waals surface area contributed by atoms with Crippen LogP contribution in [0, 0.1) is 6.92 Å². The third-order valence-corrected chi connectivity index (χ3v) is 3.95. The number of para-hydroxylation sites is 1. The zero-order valence-corrected chi connectivity index (χ0v) is 12.5. The maximum atomic E-state index is 12.8. The maximum Gasteiger partial charge on any atom is 0.338 e. The molecule has 22 heavy (non-hydrogen) atoms. The Morgan fingerprint density at radius 2 is 1.64 bits per heavy atom. The average Bonchev–Trinajstić information content (AvgIpc) is 2.49. The summed E-state index contributed by atoms with van der Waals surface area (Å²) in [6.45, 7) is 1.61. The molecule has 3 rings (SSSR count). The number of aromatic carboxylic acids is 1. The van der Waals surface area contributed by atoms with Crippen molar-refractivity contribution >= 4 is 28.3 Å². The lowest BCUT2D eigenvalue weighted by Gasteiger charge is -2.16. The Balaban J connectivity index is 2.55. The van der Waals surface area contributed by atoms with E-state index in [0.29, 0.717) is 27.2 Å².